The Morgan fingerprint density at radius 3 is 1.42 bits per heavy atom. The number of ether oxygens (including phenoxy) is 2. The van der Waals surface area contributed by atoms with Crippen molar-refractivity contribution in [3.8, 4) is 11.8 Å². The Labute approximate surface area is 302 Å². The molecule has 0 fully saturated rings. The molecule has 0 amide bonds. The molecular formula is C46H59NO3. The van der Waals surface area contributed by atoms with E-state index >= 15 is 0 Å². The Hall–Kier alpha value is -3.72. The molecule has 0 saturated heterocycles. The van der Waals surface area contributed by atoms with Crippen molar-refractivity contribution in [2.24, 2.45) is 0 Å². The molecule has 1 N–H and O–H groups in total. The van der Waals surface area contributed by atoms with Crippen LogP contribution in [-0.4, -0.2) is 34.9 Å². The van der Waals surface area contributed by atoms with Gasteiger partial charge in [0.2, 0.25) is 0 Å². The van der Waals surface area contributed by atoms with Gasteiger partial charge in [-0.1, -0.05) is 192 Å². The van der Waals surface area contributed by atoms with Crippen molar-refractivity contribution in [3.63, 3.8) is 0 Å². The van der Waals surface area contributed by atoms with Crippen LogP contribution in [0.5, 0.6) is 0 Å². The number of rotatable bonds is 24. The summed E-state index contributed by atoms with van der Waals surface area (Å²) in [5.41, 5.74) is 4.52. The van der Waals surface area contributed by atoms with Crippen LogP contribution in [0.4, 0.5) is 0 Å². The van der Waals surface area contributed by atoms with E-state index in [1.54, 1.807) is 0 Å². The number of nitrogens with zero attached hydrogens (tertiary/aromatic N) is 1. The molecule has 4 heteroatoms. The maximum absolute atomic E-state index is 11.2. The third kappa shape index (κ3) is 15.0. The first-order valence-corrected chi connectivity index (χ1v) is 19.0. The lowest BCUT2D eigenvalue weighted by atomic mass is 10.0. The second-order valence-electron chi connectivity index (χ2n) is 13.4. The summed E-state index contributed by atoms with van der Waals surface area (Å²) in [7, 11) is 0. The quantitative estimate of drug-likeness (QED) is 0.0594. The summed E-state index contributed by atoms with van der Waals surface area (Å²) in [4.78, 5) is 2.32. The average molecular weight is 674 g/mol. The minimum Gasteiger partial charge on any atom is -0.395 e. The monoisotopic (exact) mass is 673 g/mol. The third-order valence-corrected chi connectivity index (χ3v) is 9.25. The van der Waals surface area contributed by atoms with Gasteiger partial charge >= 0.3 is 0 Å². The second-order valence-corrected chi connectivity index (χ2v) is 13.4. The van der Waals surface area contributed by atoms with Crippen molar-refractivity contribution in [3.05, 3.63) is 144 Å². The zero-order valence-electron chi connectivity index (χ0n) is 30.3. The molecule has 0 aliphatic carbocycles. The predicted octanol–water partition coefficient (Wildman–Crippen LogP) is 10.5. The Balaban J connectivity index is 1.54. The lowest BCUT2D eigenvalue weighted by molar-refractivity contribution is -0.110. The first-order chi connectivity index (χ1) is 24.8. The fourth-order valence-electron chi connectivity index (χ4n) is 6.37. The molecule has 4 aromatic carbocycles. The molecule has 0 spiro atoms. The van der Waals surface area contributed by atoms with E-state index in [4.69, 9.17) is 9.47 Å². The molecule has 4 aromatic rings. The lowest BCUT2D eigenvalue weighted by Gasteiger charge is -2.38. The number of aliphatic hydroxyl groups excluding tert-OH is 1. The molecule has 0 saturated carbocycles. The van der Waals surface area contributed by atoms with Gasteiger partial charge in [0.15, 0.2) is 0 Å². The van der Waals surface area contributed by atoms with Crippen molar-refractivity contribution >= 4 is 0 Å². The summed E-state index contributed by atoms with van der Waals surface area (Å²) in [6, 6.07) is 41.0. The first-order valence-electron chi connectivity index (χ1n) is 19.0. The predicted molar refractivity (Wildman–Crippen MR) is 207 cm³/mol. The molecule has 4 rings (SSSR count). The molecule has 0 aliphatic rings. The summed E-state index contributed by atoms with van der Waals surface area (Å²) < 4.78 is 13.5. The van der Waals surface area contributed by atoms with Crippen molar-refractivity contribution < 1.29 is 14.6 Å². The SMILES string of the molecule is CCCCCCCCCCCCC#C[C@H](OCc1ccccc1)[C@@H](OCc1ccccc1)[C@H](CO)N(Cc1ccccc1)Cc1ccccc1. The maximum atomic E-state index is 11.2. The molecule has 266 valence electrons. The molecule has 0 unspecified atom stereocenters. The van der Waals surface area contributed by atoms with E-state index in [-0.39, 0.29) is 12.6 Å². The number of benzene rings is 4. The van der Waals surface area contributed by atoms with E-state index in [1.807, 2.05) is 48.5 Å². The van der Waals surface area contributed by atoms with Gasteiger partial charge in [-0.15, -0.1) is 5.92 Å². The number of unbranched alkanes of at least 4 members (excludes halogenated alkanes) is 10. The highest BCUT2D eigenvalue weighted by atomic mass is 16.5. The third-order valence-electron chi connectivity index (χ3n) is 9.25. The highest BCUT2D eigenvalue weighted by molar-refractivity contribution is 5.20. The van der Waals surface area contributed by atoms with E-state index in [0.29, 0.717) is 26.3 Å². The van der Waals surface area contributed by atoms with Gasteiger partial charge in [0, 0.05) is 19.5 Å². The van der Waals surface area contributed by atoms with E-state index in [2.05, 4.69) is 96.5 Å². The van der Waals surface area contributed by atoms with E-state index < -0.39 is 12.2 Å². The van der Waals surface area contributed by atoms with Crippen molar-refractivity contribution in [1.82, 2.24) is 4.90 Å². The van der Waals surface area contributed by atoms with Gasteiger partial charge in [-0.2, -0.15) is 0 Å². The largest absolute Gasteiger partial charge is 0.395 e. The molecule has 50 heavy (non-hydrogen) atoms. The minimum absolute atomic E-state index is 0.0928. The standard InChI is InChI=1S/C46H59NO3/c1-2-3-4-5-6-7-8-9-10-11-12-25-34-45(49-38-42-30-21-15-22-31-42)46(50-39-43-32-23-16-24-33-43)44(37-48)47(35-40-26-17-13-18-27-40)36-41-28-19-14-20-29-41/h13-24,26-33,44-46,48H,2-12,35-39H2,1H3/t44-,45-,46-/m0/s1. The van der Waals surface area contributed by atoms with Gasteiger partial charge in [-0.3, -0.25) is 4.90 Å². The number of aliphatic hydroxyl groups is 1. The number of hydrogen-bond acceptors (Lipinski definition) is 4. The van der Waals surface area contributed by atoms with Crippen LogP contribution in [-0.2, 0) is 35.8 Å². The molecule has 0 radical (unpaired) electrons. The Morgan fingerprint density at radius 1 is 0.540 bits per heavy atom. The Bertz CT molecular complexity index is 1410. The molecule has 3 atom stereocenters. The molecular weight excluding hydrogens is 615 g/mol. The van der Waals surface area contributed by atoms with Gasteiger partial charge in [0.1, 0.15) is 12.2 Å². The summed E-state index contributed by atoms with van der Waals surface area (Å²) in [6.07, 6.45) is 12.8. The molecule has 0 aromatic heterocycles. The highest BCUT2D eigenvalue weighted by Gasteiger charge is 2.35. The molecule has 4 nitrogen and oxygen atoms in total. The van der Waals surface area contributed by atoms with Crippen LogP contribution < -0.4 is 0 Å². The van der Waals surface area contributed by atoms with Crippen LogP contribution >= 0.6 is 0 Å². The highest BCUT2D eigenvalue weighted by Crippen LogP contribution is 2.23. The summed E-state index contributed by atoms with van der Waals surface area (Å²) >= 11 is 0. The Morgan fingerprint density at radius 2 is 0.960 bits per heavy atom. The second kappa shape index (κ2) is 24.4. The zero-order chi connectivity index (χ0) is 34.9. The first kappa shape index (κ1) is 39.1. The van der Waals surface area contributed by atoms with Crippen LogP contribution in [0.1, 0.15) is 99.8 Å². The van der Waals surface area contributed by atoms with Crippen LogP contribution in [0.25, 0.3) is 0 Å². The van der Waals surface area contributed by atoms with E-state index in [1.165, 1.54) is 68.9 Å². The van der Waals surface area contributed by atoms with Crippen molar-refractivity contribution in [2.45, 2.75) is 122 Å². The van der Waals surface area contributed by atoms with Crippen molar-refractivity contribution in [1.29, 1.82) is 0 Å². The zero-order valence-corrected chi connectivity index (χ0v) is 30.3. The van der Waals surface area contributed by atoms with Gasteiger partial charge in [-0.25, -0.2) is 0 Å². The average Bonchev–Trinajstić information content (AvgIpc) is 3.16. The van der Waals surface area contributed by atoms with Crippen LogP contribution in [0.3, 0.4) is 0 Å². The van der Waals surface area contributed by atoms with Crippen LogP contribution in [0.15, 0.2) is 121 Å². The maximum Gasteiger partial charge on any atom is 0.146 e. The Kier molecular flexibility index (Phi) is 19.1. The van der Waals surface area contributed by atoms with Crippen LogP contribution in [0, 0.1) is 11.8 Å². The number of hydrogen-bond donors (Lipinski definition) is 1. The molecule has 0 aliphatic heterocycles. The van der Waals surface area contributed by atoms with Crippen molar-refractivity contribution in [2.75, 3.05) is 6.61 Å². The summed E-state index contributed by atoms with van der Waals surface area (Å²) in [5, 5.41) is 11.2. The van der Waals surface area contributed by atoms with Gasteiger partial charge < -0.3 is 14.6 Å². The normalized spacial score (nSPS) is 13.0. The smallest absolute Gasteiger partial charge is 0.146 e. The lowest BCUT2D eigenvalue weighted by Crippen LogP contribution is -2.52. The summed E-state index contributed by atoms with van der Waals surface area (Å²) in [5.74, 6) is 7.01. The van der Waals surface area contributed by atoms with Crippen LogP contribution in [0.2, 0.25) is 0 Å². The van der Waals surface area contributed by atoms with E-state index in [9.17, 15) is 5.11 Å². The molecule has 0 heterocycles. The fraction of sp³-hybridized carbons (Fsp3) is 0.435. The topological polar surface area (TPSA) is 41.9 Å². The molecule has 0 bridgehead atoms. The van der Waals surface area contributed by atoms with E-state index in [0.717, 1.165) is 24.0 Å². The summed E-state index contributed by atoms with van der Waals surface area (Å²) in [6.45, 7) is 4.31. The van der Waals surface area contributed by atoms with Gasteiger partial charge in [0.05, 0.1) is 25.9 Å². The minimum atomic E-state index is -0.534. The van der Waals surface area contributed by atoms with Gasteiger partial charge in [0.25, 0.3) is 0 Å². The van der Waals surface area contributed by atoms with Gasteiger partial charge in [-0.05, 0) is 28.7 Å². The fourth-order valence-corrected chi connectivity index (χ4v) is 6.37.